The van der Waals surface area contributed by atoms with Crippen LogP contribution >= 0.6 is 35.0 Å². The van der Waals surface area contributed by atoms with Gasteiger partial charge in [0.05, 0.1) is 17.2 Å². The lowest BCUT2D eigenvalue weighted by Crippen LogP contribution is -2.36. The number of benzene rings is 3. The molecule has 0 saturated carbocycles. The van der Waals surface area contributed by atoms with Crippen molar-refractivity contribution in [3.63, 3.8) is 0 Å². The summed E-state index contributed by atoms with van der Waals surface area (Å²) in [6.45, 7) is 0. The number of hydrogen-bond acceptors (Lipinski definition) is 6. The van der Waals surface area contributed by atoms with Crippen molar-refractivity contribution in [3.8, 4) is 0 Å². The van der Waals surface area contributed by atoms with Crippen LogP contribution in [0, 0.1) is 0 Å². The van der Waals surface area contributed by atoms with E-state index >= 15 is 0 Å². The smallest absolute Gasteiger partial charge is 0.258 e. The van der Waals surface area contributed by atoms with E-state index in [9.17, 15) is 14.4 Å². The van der Waals surface area contributed by atoms with Gasteiger partial charge in [-0.1, -0.05) is 65.3 Å². The predicted molar refractivity (Wildman–Crippen MR) is 146 cm³/mol. The highest BCUT2D eigenvalue weighted by Gasteiger charge is 2.35. The SMILES string of the molecule is O=C1C[C@@H](C(=O)Nc2ccccc2Sc2ccccc2)c2c(nc(Nc3cc(Cl)cc(Cl)c3)[nH]c2=O)N1. The van der Waals surface area contributed by atoms with Crippen molar-refractivity contribution in [1.29, 1.82) is 0 Å². The number of halogens is 2. The van der Waals surface area contributed by atoms with E-state index < -0.39 is 23.3 Å². The lowest BCUT2D eigenvalue weighted by Gasteiger charge is -2.24. The minimum absolute atomic E-state index is 0.0164. The van der Waals surface area contributed by atoms with Crippen LogP contribution in [0.25, 0.3) is 0 Å². The Morgan fingerprint density at radius 3 is 2.43 bits per heavy atom. The van der Waals surface area contributed by atoms with Crippen molar-refractivity contribution in [2.75, 3.05) is 16.0 Å². The van der Waals surface area contributed by atoms with Gasteiger partial charge in [-0.25, -0.2) is 0 Å². The number of aromatic nitrogens is 2. The molecule has 1 atom stereocenters. The van der Waals surface area contributed by atoms with E-state index in [1.807, 2.05) is 42.5 Å². The fourth-order valence-electron chi connectivity index (χ4n) is 3.91. The summed E-state index contributed by atoms with van der Waals surface area (Å²) in [5.74, 6) is -1.85. The number of carbonyl (C=O) groups excluding carboxylic acids is 2. The van der Waals surface area contributed by atoms with Crippen molar-refractivity contribution in [2.24, 2.45) is 0 Å². The molecule has 0 bridgehead atoms. The Kier molecular flexibility index (Phi) is 7.18. The monoisotopic (exact) mass is 551 g/mol. The second kappa shape index (κ2) is 10.7. The van der Waals surface area contributed by atoms with Gasteiger partial charge in [-0.05, 0) is 42.5 Å². The number of anilines is 4. The predicted octanol–water partition coefficient (Wildman–Crippen LogP) is 6.04. The third-order valence-electron chi connectivity index (χ3n) is 5.51. The van der Waals surface area contributed by atoms with Crippen LogP contribution in [0.2, 0.25) is 10.0 Å². The van der Waals surface area contributed by atoms with Crippen molar-refractivity contribution >= 4 is 69.9 Å². The van der Waals surface area contributed by atoms with Gasteiger partial charge in [0.2, 0.25) is 17.8 Å². The molecule has 1 aliphatic heterocycles. The van der Waals surface area contributed by atoms with Crippen molar-refractivity contribution in [2.45, 2.75) is 22.1 Å². The molecule has 186 valence electrons. The molecule has 5 rings (SSSR count). The van der Waals surface area contributed by atoms with Crippen LogP contribution in [0.1, 0.15) is 17.9 Å². The summed E-state index contributed by atoms with van der Waals surface area (Å²) in [7, 11) is 0. The van der Waals surface area contributed by atoms with Crippen LogP contribution in [0.3, 0.4) is 0 Å². The highest BCUT2D eigenvalue weighted by molar-refractivity contribution is 7.99. The van der Waals surface area contributed by atoms with Crippen molar-refractivity contribution < 1.29 is 9.59 Å². The molecule has 1 aliphatic rings. The second-order valence-electron chi connectivity index (χ2n) is 8.17. The van der Waals surface area contributed by atoms with Crippen molar-refractivity contribution in [1.82, 2.24) is 9.97 Å². The number of carbonyl (C=O) groups is 2. The minimum atomic E-state index is -1.02. The number of rotatable bonds is 6. The Morgan fingerprint density at radius 1 is 0.973 bits per heavy atom. The van der Waals surface area contributed by atoms with Crippen molar-refractivity contribution in [3.05, 3.63) is 98.8 Å². The molecular formula is C26H19Cl2N5O3S. The first-order chi connectivity index (χ1) is 17.9. The van der Waals surface area contributed by atoms with E-state index in [1.54, 1.807) is 30.3 Å². The number of nitrogens with one attached hydrogen (secondary N) is 4. The van der Waals surface area contributed by atoms with Gasteiger partial charge in [0.25, 0.3) is 5.56 Å². The van der Waals surface area contributed by atoms with Gasteiger partial charge >= 0.3 is 0 Å². The molecule has 0 aliphatic carbocycles. The summed E-state index contributed by atoms with van der Waals surface area (Å²) in [5.41, 5.74) is 0.603. The summed E-state index contributed by atoms with van der Waals surface area (Å²) in [6, 6.07) is 21.9. The summed E-state index contributed by atoms with van der Waals surface area (Å²) < 4.78 is 0. The molecule has 1 aromatic heterocycles. The second-order valence-corrected chi connectivity index (χ2v) is 10.2. The Balaban J connectivity index is 1.42. The Bertz CT molecular complexity index is 1540. The molecule has 11 heteroatoms. The Morgan fingerprint density at radius 2 is 1.68 bits per heavy atom. The Labute approximate surface area is 225 Å². The average molecular weight is 552 g/mol. The number of nitrogens with zero attached hydrogens (tertiary/aromatic N) is 1. The van der Waals surface area contributed by atoms with E-state index in [0.717, 1.165) is 9.79 Å². The fourth-order valence-corrected chi connectivity index (χ4v) is 5.36. The Hall–Kier alpha value is -3.79. The van der Waals surface area contributed by atoms with Crippen LogP contribution in [0.5, 0.6) is 0 Å². The summed E-state index contributed by atoms with van der Waals surface area (Å²) in [5, 5.41) is 9.19. The highest BCUT2D eigenvalue weighted by atomic mass is 35.5. The van der Waals surface area contributed by atoms with E-state index in [2.05, 4.69) is 25.9 Å². The van der Waals surface area contributed by atoms with E-state index in [0.29, 0.717) is 21.4 Å². The van der Waals surface area contributed by atoms with Crippen LogP contribution in [0.15, 0.2) is 87.4 Å². The zero-order chi connectivity index (χ0) is 25.9. The number of aromatic amines is 1. The molecule has 0 radical (unpaired) electrons. The maximum absolute atomic E-state index is 13.4. The summed E-state index contributed by atoms with van der Waals surface area (Å²) >= 11 is 13.6. The first-order valence-corrected chi connectivity index (χ1v) is 12.7. The third kappa shape index (κ3) is 5.80. The molecule has 3 aromatic carbocycles. The summed E-state index contributed by atoms with van der Waals surface area (Å²) in [4.78, 5) is 47.7. The largest absolute Gasteiger partial charge is 0.326 e. The molecule has 2 heterocycles. The highest BCUT2D eigenvalue weighted by Crippen LogP contribution is 2.35. The van der Waals surface area contributed by atoms with Gasteiger partial charge in [-0.2, -0.15) is 4.98 Å². The average Bonchev–Trinajstić information content (AvgIpc) is 2.84. The number of hydrogen-bond donors (Lipinski definition) is 4. The maximum Gasteiger partial charge on any atom is 0.258 e. The van der Waals surface area contributed by atoms with Gasteiger partial charge in [0.1, 0.15) is 5.82 Å². The first-order valence-electron chi connectivity index (χ1n) is 11.2. The van der Waals surface area contributed by atoms with E-state index in [1.165, 1.54) is 11.8 Å². The molecule has 0 fully saturated rings. The van der Waals surface area contributed by atoms with Gasteiger partial charge < -0.3 is 16.0 Å². The van der Waals surface area contributed by atoms with Gasteiger partial charge in [-0.3, -0.25) is 19.4 Å². The fraction of sp³-hybridized carbons (Fsp3) is 0.0769. The normalized spacial score (nSPS) is 14.4. The van der Waals surface area contributed by atoms with E-state index in [4.69, 9.17) is 23.2 Å². The first kappa shape index (κ1) is 24.9. The number of H-pyrrole nitrogens is 1. The molecule has 0 spiro atoms. The van der Waals surface area contributed by atoms with Crippen LogP contribution in [-0.4, -0.2) is 21.8 Å². The number of para-hydroxylation sites is 1. The van der Waals surface area contributed by atoms with Gasteiger partial charge in [0.15, 0.2) is 0 Å². The third-order valence-corrected chi connectivity index (χ3v) is 7.03. The van der Waals surface area contributed by atoms with Crippen LogP contribution in [-0.2, 0) is 9.59 Å². The molecule has 2 amide bonds. The van der Waals surface area contributed by atoms with Crippen LogP contribution < -0.4 is 21.5 Å². The quantitative estimate of drug-likeness (QED) is 0.232. The number of amides is 2. The minimum Gasteiger partial charge on any atom is -0.326 e. The molecule has 37 heavy (non-hydrogen) atoms. The molecule has 0 unspecified atom stereocenters. The maximum atomic E-state index is 13.4. The zero-order valence-electron chi connectivity index (χ0n) is 19.0. The molecule has 4 aromatic rings. The lowest BCUT2D eigenvalue weighted by molar-refractivity contribution is -0.123. The lowest BCUT2D eigenvalue weighted by atomic mass is 9.92. The van der Waals surface area contributed by atoms with Gasteiger partial charge in [0, 0.05) is 31.9 Å². The summed E-state index contributed by atoms with van der Waals surface area (Å²) in [6.07, 6.45) is -0.186. The number of fused-ring (bicyclic) bond motifs is 1. The molecule has 8 nitrogen and oxygen atoms in total. The standard InChI is InChI=1S/C26H19Cl2N5O3S/c27-14-10-15(28)12-16(11-14)29-26-32-23-22(25(36)33-26)18(13-21(34)31-23)24(35)30-19-8-4-5-9-20(19)37-17-6-2-1-3-7-17/h1-12,18H,13H2,(H,30,35)(H3,29,31,32,33,34,36)/t18-/m1/s1. The van der Waals surface area contributed by atoms with Crippen LogP contribution in [0.4, 0.5) is 23.1 Å². The van der Waals surface area contributed by atoms with Gasteiger partial charge in [-0.15, -0.1) is 0 Å². The molecular weight excluding hydrogens is 533 g/mol. The molecule has 4 N–H and O–H groups in total. The van der Waals surface area contributed by atoms with E-state index in [-0.39, 0.29) is 23.8 Å². The topological polar surface area (TPSA) is 116 Å². The molecule has 0 saturated heterocycles. The zero-order valence-corrected chi connectivity index (χ0v) is 21.4.